The van der Waals surface area contributed by atoms with Crippen LogP contribution >= 0.6 is 15.9 Å². The molecule has 7 nitrogen and oxygen atoms in total. The van der Waals surface area contributed by atoms with Crippen LogP contribution in [0.3, 0.4) is 0 Å². The molecular formula is C18H22BrN3O4S. The number of nitrogens with zero attached hydrogens (tertiary/aromatic N) is 3. The van der Waals surface area contributed by atoms with E-state index < -0.39 is 10.0 Å². The zero-order valence-electron chi connectivity index (χ0n) is 14.9. The Morgan fingerprint density at radius 2 is 1.96 bits per heavy atom. The van der Waals surface area contributed by atoms with Crippen molar-refractivity contribution >= 4 is 31.9 Å². The molecule has 3 heterocycles. The standard InChI is InChI=1S/C18H22BrN3O4S/c19-17-8-7-16(26-17)18(23)21(14-15-6-2-3-9-20-15)12-13-27(24,25)22-10-4-1-5-11-22/h2-3,6-9H,1,4-5,10-14H2. The van der Waals surface area contributed by atoms with Gasteiger partial charge in [-0.05, 0) is 53.0 Å². The molecule has 27 heavy (non-hydrogen) atoms. The predicted molar refractivity (Wildman–Crippen MR) is 105 cm³/mol. The van der Waals surface area contributed by atoms with Gasteiger partial charge in [-0.1, -0.05) is 12.5 Å². The molecule has 0 radical (unpaired) electrons. The van der Waals surface area contributed by atoms with Crippen molar-refractivity contribution in [1.82, 2.24) is 14.2 Å². The molecule has 2 aromatic rings. The van der Waals surface area contributed by atoms with E-state index in [2.05, 4.69) is 20.9 Å². The van der Waals surface area contributed by atoms with Gasteiger partial charge in [-0.2, -0.15) is 0 Å². The average Bonchev–Trinajstić information content (AvgIpc) is 3.12. The van der Waals surface area contributed by atoms with Gasteiger partial charge in [0.15, 0.2) is 10.4 Å². The van der Waals surface area contributed by atoms with Crippen LogP contribution in [0.4, 0.5) is 0 Å². The first-order valence-corrected chi connectivity index (χ1v) is 11.3. The van der Waals surface area contributed by atoms with Crippen LogP contribution in [0.15, 0.2) is 45.6 Å². The summed E-state index contributed by atoms with van der Waals surface area (Å²) < 4.78 is 32.6. The van der Waals surface area contributed by atoms with Crippen molar-refractivity contribution in [2.45, 2.75) is 25.8 Å². The lowest BCUT2D eigenvalue weighted by molar-refractivity contribution is 0.0718. The van der Waals surface area contributed by atoms with Crippen molar-refractivity contribution in [2.75, 3.05) is 25.4 Å². The number of carbonyl (C=O) groups is 1. The Kier molecular flexibility index (Phi) is 6.67. The normalized spacial score (nSPS) is 15.6. The fraction of sp³-hybridized carbons (Fsp3) is 0.444. The summed E-state index contributed by atoms with van der Waals surface area (Å²) in [4.78, 5) is 18.5. The third-order valence-corrected chi connectivity index (χ3v) is 6.75. The number of furan rings is 1. The second-order valence-corrected chi connectivity index (χ2v) is 9.30. The van der Waals surface area contributed by atoms with Gasteiger partial charge in [0.1, 0.15) is 0 Å². The molecular weight excluding hydrogens is 434 g/mol. The van der Waals surface area contributed by atoms with Crippen LogP contribution in [0.25, 0.3) is 0 Å². The first kappa shape index (κ1) is 20.0. The number of sulfonamides is 1. The Labute approximate surface area is 167 Å². The molecule has 1 fully saturated rings. The topological polar surface area (TPSA) is 83.7 Å². The van der Waals surface area contributed by atoms with Crippen LogP contribution in [-0.2, 0) is 16.6 Å². The minimum Gasteiger partial charge on any atom is -0.444 e. The van der Waals surface area contributed by atoms with Crippen molar-refractivity contribution in [1.29, 1.82) is 0 Å². The van der Waals surface area contributed by atoms with Gasteiger partial charge in [0.05, 0.1) is 18.0 Å². The van der Waals surface area contributed by atoms with Crippen molar-refractivity contribution in [3.05, 3.63) is 52.7 Å². The Hall–Kier alpha value is -1.71. The Balaban J connectivity index is 1.73. The quantitative estimate of drug-likeness (QED) is 0.640. The van der Waals surface area contributed by atoms with Gasteiger partial charge in [0.2, 0.25) is 10.0 Å². The summed E-state index contributed by atoms with van der Waals surface area (Å²) in [5, 5.41) is 0. The van der Waals surface area contributed by atoms with Crippen molar-refractivity contribution in [3.8, 4) is 0 Å². The van der Waals surface area contributed by atoms with Crippen molar-refractivity contribution in [3.63, 3.8) is 0 Å². The highest BCUT2D eigenvalue weighted by Gasteiger charge is 2.27. The average molecular weight is 456 g/mol. The summed E-state index contributed by atoms with van der Waals surface area (Å²) in [6, 6.07) is 8.63. The van der Waals surface area contributed by atoms with Crippen LogP contribution < -0.4 is 0 Å². The number of hydrogen-bond donors (Lipinski definition) is 0. The minimum atomic E-state index is -3.40. The van der Waals surface area contributed by atoms with Gasteiger partial charge in [0, 0.05) is 25.8 Å². The van der Waals surface area contributed by atoms with Crippen LogP contribution in [0.2, 0.25) is 0 Å². The fourth-order valence-corrected chi connectivity index (χ4v) is 4.85. The Morgan fingerprint density at radius 3 is 2.59 bits per heavy atom. The number of piperidine rings is 1. The van der Waals surface area contributed by atoms with Crippen molar-refractivity contribution < 1.29 is 17.6 Å². The molecule has 146 valence electrons. The summed E-state index contributed by atoms with van der Waals surface area (Å²) in [6.07, 6.45) is 4.47. The van der Waals surface area contributed by atoms with Gasteiger partial charge in [0.25, 0.3) is 5.91 Å². The van der Waals surface area contributed by atoms with Gasteiger partial charge in [-0.25, -0.2) is 12.7 Å². The molecule has 0 atom stereocenters. The lowest BCUT2D eigenvalue weighted by Crippen LogP contribution is -2.41. The van der Waals surface area contributed by atoms with E-state index in [1.54, 1.807) is 30.5 Å². The number of rotatable bonds is 7. The summed E-state index contributed by atoms with van der Waals surface area (Å²) >= 11 is 3.19. The minimum absolute atomic E-state index is 0.0760. The van der Waals surface area contributed by atoms with E-state index >= 15 is 0 Å². The molecule has 0 unspecified atom stereocenters. The first-order chi connectivity index (χ1) is 13.0. The molecule has 0 N–H and O–H groups in total. The van der Waals surface area contributed by atoms with E-state index in [9.17, 15) is 13.2 Å². The molecule has 0 bridgehead atoms. The number of pyridine rings is 1. The Bertz CT molecular complexity index is 864. The smallest absolute Gasteiger partial charge is 0.289 e. The van der Waals surface area contributed by atoms with Crippen molar-refractivity contribution in [2.24, 2.45) is 0 Å². The van der Waals surface area contributed by atoms with E-state index in [0.29, 0.717) is 23.5 Å². The summed E-state index contributed by atoms with van der Waals surface area (Å²) in [5.74, 6) is -0.318. The molecule has 3 rings (SSSR count). The maximum atomic E-state index is 12.8. The number of aromatic nitrogens is 1. The number of hydrogen-bond acceptors (Lipinski definition) is 5. The monoisotopic (exact) mass is 455 g/mol. The number of halogens is 1. The molecule has 9 heteroatoms. The predicted octanol–water partition coefficient (Wildman–Crippen LogP) is 2.90. The SMILES string of the molecule is O=C(c1ccc(Br)o1)N(CCS(=O)(=O)N1CCCCC1)Cc1ccccn1. The second kappa shape index (κ2) is 8.99. The zero-order valence-corrected chi connectivity index (χ0v) is 17.3. The zero-order chi connectivity index (χ0) is 19.3. The van der Waals surface area contributed by atoms with E-state index in [1.807, 2.05) is 6.07 Å². The molecule has 1 aliphatic rings. The van der Waals surface area contributed by atoms with Crippen LogP contribution in [0.1, 0.15) is 35.5 Å². The van der Waals surface area contributed by atoms with Gasteiger partial charge in [-0.15, -0.1) is 0 Å². The molecule has 0 spiro atoms. The lowest BCUT2D eigenvalue weighted by atomic mass is 10.2. The van der Waals surface area contributed by atoms with E-state index in [0.717, 1.165) is 19.3 Å². The summed E-state index contributed by atoms with van der Waals surface area (Å²) in [6.45, 7) is 1.41. The molecule has 2 aromatic heterocycles. The number of amides is 1. The van der Waals surface area contributed by atoms with Crippen LogP contribution in [0.5, 0.6) is 0 Å². The van der Waals surface area contributed by atoms with Gasteiger partial charge >= 0.3 is 0 Å². The number of carbonyl (C=O) groups excluding carboxylic acids is 1. The van der Waals surface area contributed by atoms with E-state index in [4.69, 9.17) is 4.42 Å². The highest BCUT2D eigenvalue weighted by molar-refractivity contribution is 9.10. The van der Waals surface area contributed by atoms with Crippen LogP contribution in [-0.4, -0.2) is 53.9 Å². The second-order valence-electron chi connectivity index (χ2n) is 6.43. The van der Waals surface area contributed by atoms with Crippen LogP contribution in [0, 0.1) is 0 Å². The molecule has 1 aliphatic heterocycles. The molecule has 0 aliphatic carbocycles. The van der Waals surface area contributed by atoms with Gasteiger partial charge in [-0.3, -0.25) is 9.78 Å². The maximum Gasteiger partial charge on any atom is 0.289 e. The van der Waals surface area contributed by atoms with Gasteiger partial charge < -0.3 is 9.32 Å². The highest BCUT2D eigenvalue weighted by atomic mass is 79.9. The summed E-state index contributed by atoms with van der Waals surface area (Å²) in [7, 11) is -3.40. The largest absolute Gasteiger partial charge is 0.444 e. The molecule has 1 saturated heterocycles. The molecule has 0 saturated carbocycles. The van der Waals surface area contributed by atoms with E-state index in [-0.39, 0.29) is 30.5 Å². The maximum absolute atomic E-state index is 12.8. The first-order valence-electron chi connectivity index (χ1n) is 8.88. The third-order valence-electron chi connectivity index (χ3n) is 4.48. The lowest BCUT2D eigenvalue weighted by Gasteiger charge is -2.27. The third kappa shape index (κ3) is 5.40. The fourth-order valence-electron chi connectivity index (χ4n) is 3.02. The highest BCUT2D eigenvalue weighted by Crippen LogP contribution is 2.18. The molecule has 1 amide bonds. The molecule has 0 aromatic carbocycles. The van der Waals surface area contributed by atoms with E-state index in [1.165, 1.54) is 9.21 Å². The Morgan fingerprint density at radius 1 is 1.19 bits per heavy atom. The summed E-state index contributed by atoms with van der Waals surface area (Å²) in [5.41, 5.74) is 0.687.